The minimum absolute atomic E-state index is 0.226. The third-order valence-corrected chi connectivity index (χ3v) is 5.29. The third-order valence-electron chi connectivity index (χ3n) is 3.05. The molecule has 0 fully saturated rings. The second-order valence-corrected chi connectivity index (χ2v) is 9.35. The van der Waals surface area contributed by atoms with E-state index in [1.54, 1.807) is 43.4 Å². The Morgan fingerprint density at radius 2 is 1.88 bits per heavy atom. The van der Waals surface area contributed by atoms with Crippen molar-refractivity contribution >= 4 is 39.5 Å². The number of carbonyl (C=O) groups is 1. The number of alkyl halides is 3. The van der Waals surface area contributed by atoms with Gasteiger partial charge in [0, 0.05) is 3.57 Å². The lowest BCUT2D eigenvalue weighted by molar-refractivity contribution is -0.141. The lowest BCUT2D eigenvalue weighted by Crippen LogP contribution is -2.36. The first-order valence-corrected chi connectivity index (χ1v) is 9.20. The number of carbonyl (C=O) groups excluding carboxylic acids is 1. The average Bonchev–Trinajstić information content (AvgIpc) is 2.43. The molecule has 4 nitrogen and oxygen atoms in total. The van der Waals surface area contributed by atoms with E-state index in [9.17, 15) is 22.2 Å². The standard InChI is InChI=1S/C15H19F3INO3S/c1-14(2,3)24(22)20-12(8-13(21)23-4)9-5-10(15(16,17)18)7-11(19)6-9/h5-7,12,20H,8H2,1-4H3/t12-,24+/m0/s1. The number of nitrogens with one attached hydrogen (secondary N) is 1. The van der Waals surface area contributed by atoms with Crippen molar-refractivity contribution in [3.8, 4) is 0 Å². The van der Waals surface area contributed by atoms with Crippen molar-refractivity contribution in [3.05, 3.63) is 32.9 Å². The van der Waals surface area contributed by atoms with Crippen LogP contribution in [-0.2, 0) is 26.7 Å². The number of rotatable bonds is 5. The van der Waals surface area contributed by atoms with Crippen molar-refractivity contribution in [2.75, 3.05) is 7.11 Å². The maximum atomic E-state index is 13.0. The first-order chi connectivity index (χ1) is 10.8. The van der Waals surface area contributed by atoms with Crippen molar-refractivity contribution in [2.24, 2.45) is 0 Å². The molecule has 1 rings (SSSR count). The number of methoxy groups -OCH3 is 1. The number of esters is 1. The lowest BCUT2D eigenvalue weighted by atomic mass is 10.0. The summed E-state index contributed by atoms with van der Waals surface area (Å²) in [5.41, 5.74) is -0.583. The normalized spacial score (nSPS) is 15.0. The summed E-state index contributed by atoms with van der Waals surface area (Å²) in [6, 6.07) is 2.65. The van der Waals surface area contributed by atoms with Crippen LogP contribution in [0.2, 0.25) is 0 Å². The predicted octanol–water partition coefficient (Wildman–Crippen LogP) is 3.97. The number of halogens is 4. The van der Waals surface area contributed by atoms with Gasteiger partial charge in [-0.25, -0.2) is 8.93 Å². The van der Waals surface area contributed by atoms with Crippen molar-refractivity contribution < 1.29 is 26.9 Å². The molecule has 1 N–H and O–H groups in total. The molecule has 0 saturated heterocycles. The molecule has 0 radical (unpaired) electrons. The first kappa shape index (κ1) is 21.4. The monoisotopic (exact) mass is 477 g/mol. The fraction of sp³-hybridized carbons (Fsp3) is 0.533. The Bertz CT molecular complexity index is 629. The smallest absolute Gasteiger partial charge is 0.416 e. The van der Waals surface area contributed by atoms with E-state index in [0.717, 1.165) is 12.1 Å². The van der Waals surface area contributed by atoms with E-state index in [2.05, 4.69) is 9.46 Å². The van der Waals surface area contributed by atoms with Gasteiger partial charge in [-0.15, -0.1) is 0 Å². The summed E-state index contributed by atoms with van der Waals surface area (Å²) in [6.45, 7) is 5.17. The van der Waals surface area contributed by atoms with Gasteiger partial charge in [0.1, 0.15) is 0 Å². The summed E-state index contributed by atoms with van der Waals surface area (Å²) < 4.78 is 58.4. The van der Waals surface area contributed by atoms with Gasteiger partial charge in [-0.3, -0.25) is 4.79 Å². The van der Waals surface area contributed by atoms with Gasteiger partial charge in [0.15, 0.2) is 0 Å². The zero-order valence-corrected chi connectivity index (χ0v) is 16.6. The molecule has 2 atom stereocenters. The quantitative estimate of drug-likeness (QED) is 0.516. The van der Waals surface area contributed by atoms with Crippen LogP contribution < -0.4 is 4.72 Å². The average molecular weight is 477 g/mol. The topological polar surface area (TPSA) is 55.4 Å². The van der Waals surface area contributed by atoms with E-state index in [1.807, 2.05) is 0 Å². The fourth-order valence-electron chi connectivity index (χ4n) is 1.76. The third kappa shape index (κ3) is 6.32. The van der Waals surface area contributed by atoms with E-state index < -0.39 is 39.5 Å². The zero-order valence-electron chi connectivity index (χ0n) is 13.7. The molecule has 1 aromatic carbocycles. The highest BCUT2D eigenvalue weighted by Crippen LogP contribution is 2.33. The van der Waals surface area contributed by atoms with Gasteiger partial charge in [-0.2, -0.15) is 13.2 Å². The van der Waals surface area contributed by atoms with E-state index in [-0.39, 0.29) is 12.0 Å². The Labute approximate surface area is 155 Å². The molecule has 24 heavy (non-hydrogen) atoms. The number of ether oxygens (including phenoxy) is 1. The van der Waals surface area contributed by atoms with Gasteiger partial charge in [0.25, 0.3) is 0 Å². The van der Waals surface area contributed by atoms with E-state index in [0.29, 0.717) is 3.57 Å². The molecule has 1 aromatic rings. The lowest BCUT2D eigenvalue weighted by Gasteiger charge is -2.24. The van der Waals surface area contributed by atoms with Crippen LogP contribution in [0.25, 0.3) is 0 Å². The predicted molar refractivity (Wildman–Crippen MR) is 94.6 cm³/mol. The second-order valence-electron chi connectivity index (χ2n) is 6.10. The van der Waals surface area contributed by atoms with Crippen molar-refractivity contribution in [1.82, 2.24) is 4.72 Å². The summed E-state index contributed by atoms with van der Waals surface area (Å²) in [5, 5.41) is 0. The zero-order chi connectivity index (χ0) is 18.7. The molecular weight excluding hydrogens is 458 g/mol. The second kappa shape index (κ2) is 8.13. The first-order valence-electron chi connectivity index (χ1n) is 6.97. The Morgan fingerprint density at radius 1 is 1.29 bits per heavy atom. The molecule has 136 valence electrons. The van der Waals surface area contributed by atoms with Gasteiger partial charge in [0.2, 0.25) is 0 Å². The highest BCUT2D eigenvalue weighted by molar-refractivity contribution is 14.1. The van der Waals surface area contributed by atoms with Gasteiger partial charge in [-0.05, 0) is 67.1 Å². The maximum absolute atomic E-state index is 13.0. The summed E-state index contributed by atoms with van der Waals surface area (Å²) in [5.74, 6) is -0.606. The molecule has 0 aliphatic rings. The van der Waals surface area contributed by atoms with Crippen LogP contribution in [0.4, 0.5) is 13.2 Å². The molecule has 9 heteroatoms. The Kier molecular flexibility index (Phi) is 7.24. The van der Waals surface area contributed by atoms with Crippen LogP contribution >= 0.6 is 22.6 Å². The van der Waals surface area contributed by atoms with Gasteiger partial charge in [-0.1, -0.05) is 0 Å². The van der Waals surface area contributed by atoms with Crippen molar-refractivity contribution in [1.29, 1.82) is 0 Å². The van der Waals surface area contributed by atoms with Crippen LogP contribution in [0.3, 0.4) is 0 Å². The van der Waals surface area contributed by atoms with Crippen molar-refractivity contribution in [2.45, 2.75) is 44.2 Å². The molecule has 0 saturated carbocycles. The Balaban J connectivity index is 3.26. The minimum atomic E-state index is -4.51. The summed E-state index contributed by atoms with van der Waals surface area (Å²) in [6.07, 6.45) is -4.73. The summed E-state index contributed by atoms with van der Waals surface area (Å²) in [7, 11) is -0.372. The van der Waals surface area contributed by atoms with E-state index in [1.165, 1.54) is 13.2 Å². The van der Waals surface area contributed by atoms with Crippen LogP contribution in [0.1, 0.15) is 44.4 Å². The van der Waals surface area contributed by atoms with E-state index >= 15 is 0 Å². The molecule has 0 spiro atoms. The van der Waals surface area contributed by atoms with Crippen LogP contribution in [0.15, 0.2) is 18.2 Å². The number of hydrogen-bond donors (Lipinski definition) is 1. The molecule has 0 amide bonds. The molecule has 0 heterocycles. The maximum Gasteiger partial charge on any atom is 0.416 e. The Hall–Kier alpha value is -0.680. The summed E-state index contributed by atoms with van der Waals surface area (Å²) >= 11 is 1.78. The fourth-order valence-corrected chi connectivity index (χ4v) is 3.29. The van der Waals surface area contributed by atoms with Crippen molar-refractivity contribution in [3.63, 3.8) is 0 Å². The van der Waals surface area contributed by atoms with Crippen LogP contribution in [0, 0.1) is 3.57 Å². The van der Waals surface area contributed by atoms with E-state index in [4.69, 9.17) is 0 Å². The number of benzene rings is 1. The van der Waals surface area contributed by atoms with Crippen LogP contribution in [0.5, 0.6) is 0 Å². The van der Waals surface area contributed by atoms with Crippen LogP contribution in [-0.4, -0.2) is 22.0 Å². The molecular formula is C15H19F3INO3S. The molecule has 0 aliphatic carbocycles. The molecule has 0 aliphatic heterocycles. The SMILES string of the molecule is COC(=O)C[C@H](N[S@](=O)C(C)(C)C)c1cc(I)cc(C(F)(F)F)c1. The minimum Gasteiger partial charge on any atom is -0.469 e. The highest BCUT2D eigenvalue weighted by atomic mass is 127. The Morgan fingerprint density at radius 3 is 2.33 bits per heavy atom. The van der Waals surface area contributed by atoms with Gasteiger partial charge >= 0.3 is 12.1 Å². The number of hydrogen-bond acceptors (Lipinski definition) is 3. The molecule has 0 aromatic heterocycles. The van der Waals surface area contributed by atoms with Gasteiger partial charge in [0.05, 0.1) is 40.9 Å². The van der Waals surface area contributed by atoms with Gasteiger partial charge < -0.3 is 4.74 Å². The highest BCUT2D eigenvalue weighted by Gasteiger charge is 2.33. The summed E-state index contributed by atoms with van der Waals surface area (Å²) in [4.78, 5) is 11.6. The molecule has 0 bridgehead atoms. The molecule has 0 unspecified atom stereocenters. The largest absolute Gasteiger partial charge is 0.469 e.